The zero-order valence-corrected chi connectivity index (χ0v) is 17.8. The third-order valence-corrected chi connectivity index (χ3v) is 5.01. The molecule has 166 valence electrons. The summed E-state index contributed by atoms with van der Waals surface area (Å²) >= 11 is 0. The van der Waals surface area contributed by atoms with E-state index in [4.69, 9.17) is 4.74 Å². The molecule has 0 atom stereocenters. The van der Waals surface area contributed by atoms with Crippen molar-refractivity contribution in [1.82, 2.24) is 20.1 Å². The minimum atomic E-state index is -0.482. The molecule has 0 spiro atoms. The fourth-order valence-electron chi connectivity index (χ4n) is 3.32. The Labute approximate surface area is 189 Å². The van der Waals surface area contributed by atoms with Gasteiger partial charge in [0.25, 0.3) is 11.6 Å². The lowest BCUT2D eigenvalue weighted by atomic mass is 10.1. The summed E-state index contributed by atoms with van der Waals surface area (Å²) in [5.41, 5.74) is 2.79. The van der Waals surface area contributed by atoms with E-state index < -0.39 is 4.92 Å². The Balaban J connectivity index is 1.65. The highest BCUT2D eigenvalue weighted by Gasteiger charge is 2.19. The number of nitrogens with one attached hydrogen (secondary N) is 1. The number of methoxy groups -OCH3 is 1. The fraction of sp³-hybridized carbons (Fsp3) is 0.125. The Bertz CT molecular complexity index is 1270. The molecule has 0 aliphatic rings. The normalized spacial score (nSPS) is 10.6. The van der Waals surface area contributed by atoms with Gasteiger partial charge < -0.3 is 10.1 Å². The molecule has 2 aromatic heterocycles. The van der Waals surface area contributed by atoms with Gasteiger partial charge in [-0.15, -0.1) is 0 Å². The van der Waals surface area contributed by atoms with Crippen LogP contribution >= 0.6 is 0 Å². The highest BCUT2D eigenvalue weighted by Crippen LogP contribution is 2.25. The summed E-state index contributed by atoms with van der Waals surface area (Å²) in [6, 6.07) is 20.6. The lowest BCUT2D eigenvalue weighted by molar-refractivity contribution is -0.384. The first-order valence-electron chi connectivity index (χ1n) is 10.2. The minimum Gasteiger partial charge on any atom is -0.497 e. The molecule has 0 bridgehead atoms. The van der Waals surface area contributed by atoms with Crippen LogP contribution < -0.4 is 10.1 Å². The lowest BCUT2D eigenvalue weighted by Gasteiger charge is -2.08. The SMILES string of the molecule is COc1ccc(-c2cc(C(=O)NCCc3ccccn3)n(-c3cccc([N+](=O)[O-])c3)n2)cc1. The molecule has 0 saturated carbocycles. The van der Waals surface area contributed by atoms with Gasteiger partial charge in [-0.05, 0) is 48.5 Å². The third kappa shape index (κ3) is 5.04. The van der Waals surface area contributed by atoms with Gasteiger partial charge in [0.1, 0.15) is 11.4 Å². The zero-order chi connectivity index (χ0) is 23.2. The van der Waals surface area contributed by atoms with E-state index in [9.17, 15) is 14.9 Å². The van der Waals surface area contributed by atoms with E-state index in [1.54, 1.807) is 43.6 Å². The molecule has 1 amide bonds. The van der Waals surface area contributed by atoms with Crippen LogP contribution in [0.2, 0.25) is 0 Å². The van der Waals surface area contributed by atoms with Gasteiger partial charge >= 0.3 is 0 Å². The number of non-ortho nitro benzene ring substituents is 1. The fourth-order valence-corrected chi connectivity index (χ4v) is 3.32. The van der Waals surface area contributed by atoms with Crippen molar-refractivity contribution in [1.29, 1.82) is 0 Å². The third-order valence-electron chi connectivity index (χ3n) is 5.01. The van der Waals surface area contributed by atoms with Crippen LogP contribution in [-0.4, -0.2) is 39.2 Å². The Kier molecular flexibility index (Phi) is 6.40. The summed E-state index contributed by atoms with van der Waals surface area (Å²) in [7, 11) is 1.58. The highest BCUT2D eigenvalue weighted by atomic mass is 16.6. The molecule has 0 fully saturated rings. The van der Waals surface area contributed by atoms with Crippen molar-refractivity contribution in [2.45, 2.75) is 6.42 Å². The van der Waals surface area contributed by atoms with Crippen LogP contribution in [0, 0.1) is 10.1 Å². The Morgan fingerprint density at radius 3 is 2.61 bits per heavy atom. The van der Waals surface area contributed by atoms with Crippen LogP contribution in [-0.2, 0) is 6.42 Å². The molecule has 33 heavy (non-hydrogen) atoms. The van der Waals surface area contributed by atoms with Crippen LogP contribution in [0.3, 0.4) is 0 Å². The van der Waals surface area contributed by atoms with Gasteiger partial charge in [-0.25, -0.2) is 4.68 Å². The van der Waals surface area contributed by atoms with E-state index >= 15 is 0 Å². The van der Waals surface area contributed by atoms with E-state index in [0.29, 0.717) is 30.1 Å². The summed E-state index contributed by atoms with van der Waals surface area (Å²) < 4.78 is 6.62. The van der Waals surface area contributed by atoms with Crippen molar-refractivity contribution in [2.75, 3.05) is 13.7 Å². The second kappa shape index (κ2) is 9.73. The van der Waals surface area contributed by atoms with E-state index in [-0.39, 0.29) is 17.3 Å². The van der Waals surface area contributed by atoms with Crippen molar-refractivity contribution in [3.05, 3.63) is 100 Å². The summed E-state index contributed by atoms with van der Waals surface area (Å²) in [6.45, 7) is 0.383. The maximum atomic E-state index is 13.0. The lowest BCUT2D eigenvalue weighted by Crippen LogP contribution is -2.28. The molecule has 4 rings (SSSR count). The van der Waals surface area contributed by atoms with Crippen molar-refractivity contribution in [3.8, 4) is 22.7 Å². The van der Waals surface area contributed by atoms with Crippen LogP contribution in [0.5, 0.6) is 5.75 Å². The number of nitro groups is 1. The molecule has 2 aromatic carbocycles. The number of aromatic nitrogens is 3. The topological polar surface area (TPSA) is 112 Å². The summed E-state index contributed by atoms with van der Waals surface area (Å²) in [6.07, 6.45) is 2.28. The number of ether oxygens (including phenoxy) is 1. The minimum absolute atomic E-state index is 0.0875. The molecule has 0 radical (unpaired) electrons. The first-order chi connectivity index (χ1) is 16.0. The molecule has 2 heterocycles. The summed E-state index contributed by atoms with van der Waals surface area (Å²) in [5, 5.41) is 18.7. The van der Waals surface area contributed by atoms with Gasteiger partial charge in [-0.2, -0.15) is 5.10 Å². The van der Waals surface area contributed by atoms with Gasteiger partial charge in [0.15, 0.2) is 0 Å². The molecule has 0 unspecified atom stereocenters. The average Bonchev–Trinajstić information content (AvgIpc) is 3.30. The molecule has 9 nitrogen and oxygen atoms in total. The number of carbonyl (C=O) groups is 1. The van der Waals surface area contributed by atoms with E-state index in [1.165, 1.54) is 16.8 Å². The second-order valence-corrected chi connectivity index (χ2v) is 7.16. The molecule has 1 N–H and O–H groups in total. The molecular weight excluding hydrogens is 422 g/mol. The number of carbonyl (C=O) groups excluding carboxylic acids is 1. The van der Waals surface area contributed by atoms with Gasteiger partial charge in [-0.3, -0.25) is 19.9 Å². The van der Waals surface area contributed by atoms with Gasteiger partial charge in [0.05, 0.1) is 23.4 Å². The van der Waals surface area contributed by atoms with Crippen molar-refractivity contribution in [2.24, 2.45) is 0 Å². The van der Waals surface area contributed by atoms with Crippen LogP contribution in [0.1, 0.15) is 16.2 Å². The van der Waals surface area contributed by atoms with Crippen LogP contribution in [0.4, 0.5) is 5.69 Å². The number of benzene rings is 2. The standard InChI is InChI=1S/C24H21N5O4/c1-33-21-10-8-17(9-11-21)22-16-23(24(30)26-14-12-18-5-2-3-13-25-18)28(27-22)19-6-4-7-20(15-19)29(31)32/h2-11,13,15-16H,12,14H2,1H3,(H,26,30). The zero-order valence-electron chi connectivity index (χ0n) is 17.8. The monoisotopic (exact) mass is 443 g/mol. The average molecular weight is 443 g/mol. The summed E-state index contributed by atoms with van der Waals surface area (Å²) in [5.74, 6) is 0.356. The van der Waals surface area contributed by atoms with E-state index in [2.05, 4.69) is 15.4 Å². The number of hydrogen-bond donors (Lipinski definition) is 1. The molecule has 0 saturated heterocycles. The molecule has 4 aromatic rings. The van der Waals surface area contributed by atoms with Crippen LogP contribution in [0.25, 0.3) is 16.9 Å². The summed E-state index contributed by atoms with van der Waals surface area (Å²) in [4.78, 5) is 28.1. The highest BCUT2D eigenvalue weighted by molar-refractivity contribution is 5.94. The van der Waals surface area contributed by atoms with Gasteiger partial charge in [0.2, 0.25) is 0 Å². The first-order valence-corrected chi connectivity index (χ1v) is 10.2. The predicted molar refractivity (Wildman–Crippen MR) is 122 cm³/mol. The molecule has 0 aliphatic carbocycles. The quantitative estimate of drug-likeness (QED) is 0.327. The largest absolute Gasteiger partial charge is 0.497 e. The molecule has 9 heteroatoms. The first kappa shape index (κ1) is 21.7. The molecule has 0 aliphatic heterocycles. The van der Waals surface area contributed by atoms with Crippen LogP contribution in [0.15, 0.2) is 79.0 Å². The van der Waals surface area contributed by atoms with Crippen molar-refractivity contribution >= 4 is 11.6 Å². The van der Waals surface area contributed by atoms with Crippen molar-refractivity contribution < 1.29 is 14.5 Å². The Morgan fingerprint density at radius 1 is 1.09 bits per heavy atom. The molecular formula is C24H21N5O4. The predicted octanol–water partition coefficient (Wildman–Crippen LogP) is 3.82. The number of pyridine rings is 1. The Morgan fingerprint density at radius 2 is 1.91 bits per heavy atom. The van der Waals surface area contributed by atoms with Gasteiger partial charge in [-0.1, -0.05) is 12.1 Å². The number of amides is 1. The number of hydrogen-bond acceptors (Lipinski definition) is 6. The van der Waals surface area contributed by atoms with Gasteiger partial charge in [0, 0.05) is 42.6 Å². The number of nitrogens with zero attached hydrogens (tertiary/aromatic N) is 4. The van der Waals surface area contributed by atoms with Crippen molar-refractivity contribution in [3.63, 3.8) is 0 Å². The second-order valence-electron chi connectivity index (χ2n) is 7.16. The number of nitro benzene ring substituents is 1. The van der Waals surface area contributed by atoms with E-state index in [0.717, 1.165) is 11.3 Å². The Hall–Kier alpha value is -4.53. The maximum absolute atomic E-state index is 13.0. The smallest absolute Gasteiger partial charge is 0.271 e. The maximum Gasteiger partial charge on any atom is 0.271 e. The number of rotatable bonds is 8. The van der Waals surface area contributed by atoms with E-state index in [1.807, 2.05) is 30.3 Å².